The minimum absolute atomic E-state index is 0.122. The van der Waals surface area contributed by atoms with Gasteiger partial charge in [-0.2, -0.15) is 0 Å². The maximum Gasteiger partial charge on any atom is 0.234 e. The summed E-state index contributed by atoms with van der Waals surface area (Å²) in [5.41, 5.74) is 1.48. The lowest BCUT2D eigenvalue weighted by Gasteiger charge is -2.30. The summed E-state index contributed by atoms with van der Waals surface area (Å²) in [5.74, 6) is -0.200. The first-order chi connectivity index (χ1) is 11.5. The average molecular weight is 350 g/mol. The molecular weight excluding hydrogens is 328 g/mol. The Morgan fingerprint density at radius 3 is 2.62 bits per heavy atom. The van der Waals surface area contributed by atoms with Gasteiger partial charge in [0.05, 0.1) is 5.75 Å². The average Bonchev–Trinajstić information content (AvgIpc) is 2.54. The van der Waals surface area contributed by atoms with Crippen molar-refractivity contribution in [3.63, 3.8) is 0 Å². The first-order valence-electron chi connectivity index (χ1n) is 7.70. The van der Waals surface area contributed by atoms with Gasteiger partial charge in [-0.1, -0.05) is 17.7 Å². The van der Waals surface area contributed by atoms with Gasteiger partial charge < -0.3 is 16.0 Å². The quantitative estimate of drug-likeness (QED) is 0.601. The van der Waals surface area contributed by atoms with E-state index in [-0.39, 0.29) is 47.9 Å². The van der Waals surface area contributed by atoms with Crippen LogP contribution in [0.1, 0.15) is 18.4 Å². The molecule has 7 nitrogen and oxygen atoms in total. The molecule has 0 spiro atoms. The van der Waals surface area contributed by atoms with Crippen molar-refractivity contribution in [3.05, 3.63) is 29.8 Å². The molecule has 1 aliphatic heterocycles. The lowest BCUT2D eigenvalue weighted by Crippen LogP contribution is -2.55. The second-order valence-corrected chi connectivity index (χ2v) is 6.71. The van der Waals surface area contributed by atoms with Gasteiger partial charge in [0.1, 0.15) is 5.50 Å². The maximum absolute atomic E-state index is 12.0. The molecule has 0 aliphatic carbocycles. The summed E-state index contributed by atoms with van der Waals surface area (Å²) in [7, 11) is 1.56. The Bertz CT molecular complexity index is 606. The number of amides is 3. The smallest absolute Gasteiger partial charge is 0.234 e. The van der Waals surface area contributed by atoms with Gasteiger partial charge >= 0.3 is 0 Å². The van der Waals surface area contributed by atoms with Crippen LogP contribution in [0.2, 0.25) is 0 Å². The molecule has 0 aromatic heterocycles. The molecule has 1 heterocycles. The fourth-order valence-corrected chi connectivity index (χ4v) is 3.18. The predicted molar refractivity (Wildman–Crippen MR) is 94.4 cm³/mol. The van der Waals surface area contributed by atoms with E-state index in [1.807, 2.05) is 31.2 Å². The SMILES string of the molecule is CNC(=O)CC1CC(=O)NC(SCC(=O)Nc2ccc(C)cc2)N1. The van der Waals surface area contributed by atoms with E-state index in [1.54, 1.807) is 7.05 Å². The number of anilines is 1. The fraction of sp³-hybridized carbons (Fsp3) is 0.438. The van der Waals surface area contributed by atoms with E-state index in [0.29, 0.717) is 0 Å². The molecule has 2 atom stereocenters. The van der Waals surface area contributed by atoms with E-state index in [0.717, 1.165) is 11.3 Å². The second-order valence-electron chi connectivity index (χ2n) is 5.62. The van der Waals surface area contributed by atoms with Crippen molar-refractivity contribution < 1.29 is 14.4 Å². The summed E-state index contributed by atoms with van der Waals surface area (Å²) in [6, 6.07) is 7.32. The molecule has 0 bridgehead atoms. The number of thioether (sulfide) groups is 1. The molecule has 1 saturated heterocycles. The van der Waals surface area contributed by atoms with Crippen LogP contribution >= 0.6 is 11.8 Å². The molecule has 4 N–H and O–H groups in total. The highest BCUT2D eigenvalue weighted by molar-refractivity contribution is 8.00. The van der Waals surface area contributed by atoms with Gasteiger partial charge in [-0.05, 0) is 19.1 Å². The number of nitrogens with one attached hydrogen (secondary N) is 4. The number of hydrogen-bond donors (Lipinski definition) is 4. The third-order valence-corrected chi connectivity index (χ3v) is 4.55. The largest absolute Gasteiger partial charge is 0.359 e. The lowest BCUT2D eigenvalue weighted by molar-refractivity contribution is -0.125. The molecule has 2 unspecified atom stereocenters. The number of carbonyl (C=O) groups is 3. The van der Waals surface area contributed by atoms with E-state index in [2.05, 4.69) is 21.3 Å². The zero-order valence-electron chi connectivity index (χ0n) is 13.7. The number of benzene rings is 1. The molecule has 8 heteroatoms. The third-order valence-electron chi connectivity index (χ3n) is 3.54. The number of hydrogen-bond acceptors (Lipinski definition) is 5. The Morgan fingerprint density at radius 1 is 1.25 bits per heavy atom. The Balaban J connectivity index is 1.79. The topological polar surface area (TPSA) is 99.3 Å². The van der Waals surface area contributed by atoms with E-state index >= 15 is 0 Å². The van der Waals surface area contributed by atoms with Crippen LogP contribution in [0.4, 0.5) is 5.69 Å². The number of aryl methyl sites for hydroxylation is 1. The van der Waals surface area contributed by atoms with Gasteiger partial charge in [0, 0.05) is 31.6 Å². The lowest BCUT2D eigenvalue weighted by atomic mass is 10.1. The van der Waals surface area contributed by atoms with Gasteiger partial charge in [0.15, 0.2) is 0 Å². The van der Waals surface area contributed by atoms with Crippen molar-refractivity contribution in [2.75, 3.05) is 18.1 Å². The normalized spacial score (nSPS) is 20.2. The molecule has 1 aromatic carbocycles. The summed E-state index contributed by atoms with van der Waals surface area (Å²) in [6.45, 7) is 1.98. The molecule has 24 heavy (non-hydrogen) atoms. The van der Waals surface area contributed by atoms with Crippen LogP contribution < -0.4 is 21.3 Å². The minimum Gasteiger partial charge on any atom is -0.359 e. The predicted octanol–water partition coefficient (Wildman–Crippen LogP) is 0.565. The summed E-state index contributed by atoms with van der Waals surface area (Å²) in [4.78, 5) is 35.1. The van der Waals surface area contributed by atoms with Crippen molar-refractivity contribution in [2.24, 2.45) is 0 Å². The van der Waals surface area contributed by atoms with Gasteiger partial charge in [-0.15, -0.1) is 11.8 Å². The van der Waals surface area contributed by atoms with E-state index in [4.69, 9.17) is 0 Å². The zero-order chi connectivity index (χ0) is 17.5. The summed E-state index contributed by atoms with van der Waals surface area (Å²) in [5, 5.41) is 11.3. The molecule has 1 aliphatic rings. The van der Waals surface area contributed by atoms with Crippen molar-refractivity contribution in [1.29, 1.82) is 0 Å². The van der Waals surface area contributed by atoms with Crippen molar-refractivity contribution in [2.45, 2.75) is 31.3 Å². The second kappa shape index (κ2) is 8.70. The molecule has 1 aromatic rings. The fourth-order valence-electron chi connectivity index (χ4n) is 2.28. The van der Waals surface area contributed by atoms with Gasteiger partial charge in [0.25, 0.3) is 0 Å². The monoisotopic (exact) mass is 350 g/mol. The molecule has 0 saturated carbocycles. The van der Waals surface area contributed by atoms with Crippen molar-refractivity contribution in [1.82, 2.24) is 16.0 Å². The summed E-state index contributed by atoms with van der Waals surface area (Å²) < 4.78 is 0. The summed E-state index contributed by atoms with van der Waals surface area (Å²) >= 11 is 1.28. The molecule has 1 fully saturated rings. The van der Waals surface area contributed by atoms with Crippen LogP contribution in [0.25, 0.3) is 0 Å². The zero-order valence-corrected chi connectivity index (χ0v) is 14.5. The highest BCUT2D eigenvalue weighted by Gasteiger charge is 2.27. The van der Waals surface area contributed by atoms with Crippen LogP contribution in [-0.2, 0) is 14.4 Å². The first kappa shape index (κ1) is 18.3. The minimum atomic E-state index is -0.385. The molecule has 2 rings (SSSR count). The molecule has 0 radical (unpaired) electrons. The Kier molecular flexibility index (Phi) is 6.62. The van der Waals surface area contributed by atoms with Crippen molar-refractivity contribution in [3.8, 4) is 0 Å². The maximum atomic E-state index is 12.0. The van der Waals surface area contributed by atoms with E-state index in [1.165, 1.54) is 11.8 Å². The molecule has 3 amide bonds. The standard InChI is InChI=1S/C16H22N4O3S/c1-10-3-5-11(6-4-10)18-15(23)9-24-16-19-12(7-13(21)17-2)8-14(22)20-16/h3-6,12,16,19H,7-9H2,1-2H3,(H,17,21)(H,18,23)(H,20,22). The first-order valence-corrected chi connectivity index (χ1v) is 8.75. The van der Waals surface area contributed by atoms with Gasteiger partial charge in [0.2, 0.25) is 17.7 Å². The number of rotatable bonds is 6. The van der Waals surface area contributed by atoms with Gasteiger partial charge in [-0.3, -0.25) is 19.7 Å². The highest BCUT2D eigenvalue weighted by Crippen LogP contribution is 2.15. The van der Waals surface area contributed by atoms with Crippen molar-refractivity contribution >= 4 is 35.2 Å². The number of carbonyl (C=O) groups excluding carboxylic acids is 3. The summed E-state index contributed by atoms with van der Waals surface area (Å²) in [6.07, 6.45) is 0.483. The van der Waals surface area contributed by atoms with E-state index in [9.17, 15) is 14.4 Å². The third kappa shape index (κ3) is 5.86. The van der Waals surface area contributed by atoms with E-state index < -0.39 is 0 Å². The van der Waals surface area contributed by atoms with Gasteiger partial charge in [-0.25, -0.2) is 0 Å². The van der Waals surface area contributed by atoms with Crippen LogP contribution in [0, 0.1) is 6.92 Å². The Morgan fingerprint density at radius 2 is 1.96 bits per heavy atom. The van der Waals surface area contributed by atoms with Crippen LogP contribution in [0.5, 0.6) is 0 Å². The van der Waals surface area contributed by atoms with Crippen LogP contribution in [0.3, 0.4) is 0 Å². The Hall–Kier alpha value is -2.06. The molecular formula is C16H22N4O3S. The van der Waals surface area contributed by atoms with Crippen LogP contribution in [-0.4, -0.2) is 42.1 Å². The Labute approximate surface area is 145 Å². The van der Waals surface area contributed by atoms with Crippen LogP contribution in [0.15, 0.2) is 24.3 Å². The highest BCUT2D eigenvalue weighted by atomic mass is 32.2. The molecule has 130 valence electrons.